The minimum Gasteiger partial charge on any atom is -0.459 e. The Labute approximate surface area is 106 Å². The summed E-state index contributed by atoms with van der Waals surface area (Å²) in [6.45, 7) is 3.71. The first-order valence-corrected chi connectivity index (χ1v) is 6.48. The minimum atomic E-state index is 0.603. The molecule has 18 heavy (non-hydrogen) atoms. The van der Waals surface area contributed by atoms with Crippen LogP contribution in [0.15, 0.2) is 22.7 Å². The number of nitrogens with zero attached hydrogens (tertiary/aromatic N) is 3. The maximum absolute atomic E-state index is 5.84. The number of hydrogen-bond donors (Lipinski definition) is 1. The van der Waals surface area contributed by atoms with Gasteiger partial charge in [-0.15, -0.1) is 5.10 Å². The van der Waals surface area contributed by atoms with Gasteiger partial charge in [0.15, 0.2) is 5.76 Å². The number of nitrogens with two attached hydrogens (primary N) is 1. The highest BCUT2D eigenvalue weighted by Crippen LogP contribution is 2.47. The third-order valence-corrected chi connectivity index (χ3v) is 3.48. The Morgan fingerprint density at radius 3 is 3.06 bits per heavy atom. The Kier molecular flexibility index (Phi) is 2.91. The maximum Gasteiger partial charge on any atom is 0.156 e. The third kappa shape index (κ3) is 2.18. The highest BCUT2D eigenvalue weighted by Gasteiger charge is 2.36. The molecule has 2 heterocycles. The van der Waals surface area contributed by atoms with Crippen molar-refractivity contribution in [2.24, 2.45) is 11.7 Å². The van der Waals surface area contributed by atoms with Gasteiger partial charge in [0.2, 0.25) is 0 Å². The topological polar surface area (TPSA) is 69.9 Å². The molecule has 0 spiro atoms. The van der Waals surface area contributed by atoms with Gasteiger partial charge in [0.25, 0.3) is 0 Å². The van der Waals surface area contributed by atoms with E-state index in [-0.39, 0.29) is 0 Å². The van der Waals surface area contributed by atoms with E-state index >= 15 is 0 Å². The summed E-state index contributed by atoms with van der Waals surface area (Å²) in [7, 11) is 0. The van der Waals surface area contributed by atoms with Crippen molar-refractivity contribution < 1.29 is 4.42 Å². The van der Waals surface area contributed by atoms with Gasteiger partial charge in [0.05, 0.1) is 6.20 Å². The fraction of sp³-hybridized carbons (Fsp3) is 0.538. The number of aryl methyl sites for hydroxylation is 1. The fourth-order valence-corrected chi connectivity index (χ4v) is 2.18. The van der Waals surface area contributed by atoms with E-state index in [0.29, 0.717) is 12.5 Å². The summed E-state index contributed by atoms with van der Waals surface area (Å²) in [5, 5.41) is 8.20. The van der Waals surface area contributed by atoms with E-state index < -0.39 is 0 Å². The van der Waals surface area contributed by atoms with E-state index in [2.05, 4.69) is 23.3 Å². The normalized spacial score (nSPS) is 22.3. The second-order valence-corrected chi connectivity index (χ2v) is 5.03. The van der Waals surface area contributed by atoms with Crippen LogP contribution in [0.25, 0.3) is 11.5 Å². The lowest BCUT2D eigenvalue weighted by atomic mass is 10.3. The Hall–Kier alpha value is -1.62. The van der Waals surface area contributed by atoms with Crippen molar-refractivity contribution in [1.29, 1.82) is 0 Å². The molecule has 2 aromatic heterocycles. The molecule has 2 N–H and O–H groups in total. The van der Waals surface area contributed by atoms with Crippen LogP contribution >= 0.6 is 0 Å². The Balaban J connectivity index is 1.73. The van der Waals surface area contributed by atoms with Crippen LogP contribution in [0.4, 0.5) is 0 Å². The van der Waals surface area contributed by atoms with Gasteiger partial charge in [-0.05, 0) is 37.4 Å². The molecule has 96 valence electrons. The zero-order chi connectivity index (χ0) is 12.5. The van der Waals surface area contributed by atoms with Gasteiger partial charge < -0.3 is 10.2 Å². The molecule has 0 amide bonds. The average molecular weight is 246 g/mol. The van der Waals surface area contributed by atoms with Crippen molar-refractivity contribution >= 4 is 0 Å². The van der Waals surface area contributed by atoms with Crippen molar-refractivity contribution in [2.75, 3.05) is 6.54 Å². The predicted octanol–water partition coefficient (Wildman–Crippen LogP) is 2.01. The largest absolute Gasteiger partial charge is 0.459 e. The molecule has 1 aliphatic carbocycles. The van der Waals surface area contributed by atoms with E-state index in [4.69, 9.17) is 10.2 Å². The summed E-state index contributed by atoms with van der Waals surface area (Å²) in [5.74, 6) is 3.24. The molecule has 0 radical (unpaired) electrons. The Bertz CT molecular complexity index is 531. The van der Waals surface area contributed by atoms with Crippen molar-refractivity contribution in [3.8, 4) is 11.5 Å². The van der Waals surface area contributed by atoms with Gasteiger partial charge in [-0.1, -0.05) is 12.1 Å². The lowest BCUT2D eigenvalue weighted by Crippen LogP contribution is -2.06. The summed E-state index contributed by atoms with van der Waals surface area (Å²) in [4.78, 5) is 0. The summed E-state index contributed by atoms with van der Waals surface area (Å²) >= 11 is 0. The SMILES string of the molecule is CC1CC1c1ccc(-c2cn(CCCN)nn2)o1. The molecule has 0 aromatic carbocycles. The first kappa shape index (κ1) is 11.5. The van der Waals surface area contributed by atoms with Crippen LogP contribution in [0.2, 0.25) is 0 Å². The summed E-state index contributed by atoms with van der Waals surface area (Å²) in [6, 6.07) is 4.04. The van der Waals surface area contributed by atoms with Crippen LogP contribution in [-0.2, 0) is 6.54 Å². The third-order valence-electron chi connectivity index (χ3n) is 3.48. The molecule has 1 saturated carbocycles. The van der Waals surface area contributed by atoms with Crippen LogP contribution < -0.4 is 5.73 Å². The van der Waals surface area contributed by atoms with E-state index in [1.54, 1.807) is 0 Å². The molecule has 0 aliphatic heterocycles. The molecule has 0 bridgehead atoms. The summed E-state index contributed by atoms with van der Waals surface area (Å²) in [6.07, 6.45) is 4.05. The molecule has 2 unspecified atom stereocenters. The molecule has 2 atom stereocenters. The van der Waals surface area contributed by atoms with E-state index in [1.165, 1.54) is 6.42 Å². The molecule has 1 fully saturated rings. The lowest BCUT2D eigenvalue weighted by molar-refractivity contribution is 0.516. The first-order valence-electron chi connectivity index (χ1n) is 6.48. The summed E-state index contributed by atoms with van der Waals surface area (Å²) < 4.78 is 7.65. The molecule has 1 aliphatic rings. The van der Waals surface area contributed by atoms with Gasteiger partial charge in [-0.2, -0.15) is 0 Å². The monoisotopic (exact) mass is 246 g/mol. The van der Waals surface area contributed by atoms with E-state index in [1.807, 2.05) is 16.9 Å². The molecule has 5 nitrogen and oxygen atoms in total. The van der Waals surface area contributed by atoms with Crippen molar-refractivity contribution in [1.82, 2.24) is 15.0 Å². The van der Waals surface area contributed by atoms with Crippen LogP contribution in [0.1, 0.15) is 31.4 Å². The second-order valence-electron chi connectivity index (χ2n) is 5.03. The Morgan fingerprint density at radius 1 is 1.50 bits per heavy atom. The highest BCUT2D eigenvalue weighted by atomic mass is 16.3. The van der Waals surface area contributed by atoms with Crippen LogP contribution in [0.3, 0.4) is 0 Å². The van der Waals surface area contributed by atoms with E-state index in [0.717, 1.165) is 36.1 Å². The van der Waals surface area contributed by atoms with Crippen molar-refractivity contribution in [2.45, 2.75) is 32.2 Å². The first-order chi connectivity index (χ1) is 8.78. The van der Waals surface area contributed by atoms with Crippen LogP contribution in [0.5, 0.6) is 0 Å². The molecular formula is C13H18N4O. The van der Waals surface area contributed by atoms with Crippen molar-refractivity contribution in [3.63, 3.8) is 0 Å². The quantitative estimate of drug-likeness (QED) is 0.876. The fourth-order valence-electron chi connectivity index (χ4n) is 2.18. The molecule has 2 aromatic rings. The van der Waals surface area contributed by atoms with Crippen LogP contribution in [-0.4, -0.2) is 21.5 Å². The smallest absolute Gasteiger partial charge is 0.156 e. The molecule has 0 saturated heterocycles. The zero-order valence-corrected chi connectivity index (χ0v) is 10.5. The number of aromatic nitrogens is 3. The van der Waals surface area contributed by atoms with Crippen molar-refractivity contribution in [3.05, 3.63) is 24.1 Å². The maximum atomic E-state index is 5.84. The minimum absolute atomic E-state index is 0.603. The standard InChI is InChI=1S/C13H18N4O/c1-9-7-10(9)12-3-4-13(18-12)11-8-17(16-15-11)6-2-5-14/h3-4,8-10H,2,5-7,14H2,1H3. The van der Waals surface area contributed by atoms with Gasteiger partial charge in [-0.3, -0.25) is 4.68 Å². The lowest BCUT2D eigenvalue weighted by Gasteiger charge is -1.95. The highest BCUT2D eigenvalue weighted by molar-refractivity contribution is 5.50. The van der Waals surface area contributed by atoms with Gasteiger partial charge in [0, 0.05) is 12.5 Å². The van der Waals surface area contributed by atoms with Gasteiger partial charge in [0.1, 0.15) is 11.5 Å². The molecule has 5 heteroatoms. The Morgan fingerprint density at radius 2 is 2.33 bits per heavy atom. The van der Waals surface area contributed by atoms with Gasteiger partial charge in [-0.25, -0.2) is 0 Å². The average Bonchev–Trinajstić information content (AvgIpc) is 2.86. The van der Waals surface area contributed by atoms with Crippen LogP contribution in [0, 0.1) is 5.92 Å². The number of rotatable bonds is 5. The second kappa shape index (κ2) is 4.57. The number of furan rings is 1. The summed E-state index contributed by atoms with van der Waals surface area (Å²) in [5.41, 5.74) is 6.27. The molecule has 3 rings (SSSR count). The number of hydrogen-bond acceptors (Lipinski definition) is 4. The van der Waals surface area contributed by atoms with E-state index in [9.17, 15) is 0 Å². The molecular weight excluding hydrogens is 228 g/mol. The zero-order valence-electron chi connectivity index (χ0n) is 10.5. The van der Waals surface area contributed by atoms with Gasteiger partial charge >= 0.3 is 0 Å². The predicted molar refractivity (Wildman–Crippen MR) is 67.9 cm³/mol.